The molecule has 2 nitrogen and oxygen atoms in total. The molecule has 0 bridgehead atoms. The van der Waals surface area contributed by atoms with Crippen molar-refractivity contribution in [2.75, 3.05) is 26.2 Å². The largest absolute Gasteiger partial charge is 0.313 e. The van der Waals surface area contributed by atoms with Crippen molar-refractivity contribution in [1.29, 1.82) is 0 Å². The third-order valence-electron chi connectivity index (χ3n) is 2.86. The molecule has 1 unspecified atom stereocenters. The maximum Gasteiger partial charge on any atom is 0.0294 e. The molecule has 0 amide bonds. The Morgan fingerprint density at radius 3 is 2.93 bits per heavy atom. The summed E-state index contributed by atoms with van der Waals surface area (Å²) in [5.74, 6) is 0. The van der Waals surface area contributed by atoms with Gasteiger partial charge in [0.05, 0.1) is 0 Å². The summed E-state index contributed by atoms with van der Waals surface area (Å²) in [4.78, 5) is 2.50. The van der Waals surface area contributed by atoms with E-state index in [4.69, 9.17) is 0 Å². The summed E-state index contributed by atoms with van der Waals surface area (Å²) in [7, 11) is 0. The van der Waals surface area contributed by atoms with Crippen LogP contribution in [0.5, 0.6) is 0 Å². The van der Waals surface area contributed by atoms with Gasteiger partial charge in [0.15, 0.2) is 0 Å². The maximum absolute atomic E-state index is 3.93. The lowest BCUT2D eigenvalue weighted by Gasteiger charge is -2.25. The highest BCUT2D eigenvalue weighted by Gasteiger charge is 2.17. The van der Waals surface area contributed by atoms with Gasteiger partial charge in [-0.2, -0.15) is 0 Å². The molecule has 0 aromatic heterocycles. The first-order valence-corrected chi connectivity index (χ1v) is 6.80. The predicted octanol–water partition coefficient (Wildman–Crippen LogP) is 2.75. The highest BCUT2D eigenvalue weighted by Crippen LogP contribution is 2.11. The second-order valence-electron chi connectivity index (χ2n) is 4.40. The van der Waals surface area contributed by atoms with Crippen LogP contribution < -0.4 is 5.32 Å². The van der Waals surface area contributed by atoms with Crippen LogP contribution in [0.15, 0.2) is 11.1 Å². The normalized spacial score (nSPS) is 21.1. The van der Waals surface area contributed by atoms with E-state index in [1.54, 1.807) is 0 Å². The summed E-state index contributed by atoms with van der Waals surface area (Å²) in [5, 5.41) is 3.55. The molecule has 1 heterocycles. The monoisotopic (exact) mass is 274 g/mol. The van der Waals surface area contributed by atoms with Crippen molar-refractivity contribution in [1.82, 2.24) is 10.2 Å². The molecular weight excluding hydrogens is 252 g/mol. The van der Waals surface area contributed by atoms with E-state index in [1.165, 1.54) is 45.3 Å². The molecule has 1 fully saturated rings. The summed E-state index contributed by atoms with van der Waals surface area (Å²) < 4.78 is 1.09. The summed E-state index contributed by atoms with van der Waals surface area (Å²) in [5.41, 5.74) is 0. The number of nitrogens with one attached hydrogen (secondary N) is 1. The SMILES string of the molecule is C=C(Br)CN(CCCC)CC1CCCN1. The minimum Gasteiger partial charge on any atom is -0.313 e. The topological polar surface area (TPSA) is 15.3 Å². The average Bonchev–Trinajstić information content (AvgIpc) is 2.66. The van der Waals surface area contributed by atoms with Crippen molar-refractivity contribution < 1.29 is 0 Å². The quantitative estimate of drug-likeness (QED) is 0.768. The van der Waals surface area contributed by atoms with Gasteiger partial charge in [0.1, 0.15) is 0 Å². The molecule has 1 aliphatic rings. The van der Waals surface area contributed by atoms with Gasteiger partial charge in [0, 0.05) is 23.6 Å². The first-order chi connectivity index (χ1) is 7.22. The molecule has 3 heteroatoms. The Bertz CT molecular complexity index is 188. The van der Waals surface area contributed by atoms with E-state index in [9.17, 15) is 0 Å². The minimum atomic E-state index is 0.703. The van der Waals surface area contributed by atoms with Gasteiger partial charge >= 0.3 is 0 Å². The van der Waals surface area contributed by atoms with Crippen LogP contribution in [0.1, 0.15) is 32.6 Å². The van der Waals surface area contributed by atoms with E-state index in [0.29, 0.717) is 6.04 Å². The molecule has 88 valence electrons. The molecule has 15 heavy (non-hydrogen) atoms. The lowest BCUT2D eigenvalue weighted by Crippen LogP contribution is -2.38. The summed E-state index contributed by atoms with van der Waals surface area (Å²) >= 11 is 3.46. The first-order valence-electron chi connectivity index (χ1n) is 6.01. The van der Waals surface area contributed by atoms with Crippen LogP contribution in [0.4, 0.5) is 0 Å². The molecular formula is C12H23BrN2. The van der Waals surface area contributed by atoms with Crippen LogP contribution in [-0.2, 0) is 0 Å². The van der Waals surface area contributed by atoms with Gasteiger partial charge < -0.3 is 5.32 Å². The van der Waals surface area contributed by atoms with Crippen LogP contribution >= 0.6 is 15.9 Å². The second-order valence-corrected chi connectivity index (χ2v) is 5.52. The van der Waals surface area contributed by atoms with Crippen LogP contribution in [0.2, 0.25) is 0 Å². The summed E-state index contributed by atoms with van der Waals surface area (Å²) in [6.45, 7) is 10.7. The van der Waals surface area contributed by atoms with Gasteiger partial charge in [-0.05, 0) is 32.4 Å². The molecule has 0 spiro atoms. The number of halogens is 1. The van der Waals surface area contributed by atoms with Gasteiger partial charge in [-0.25, -0.2) is 0 Å². The number of nitrogens with zero attached hydrogens (tertiary/aromatic N) is 1. The molecule has 1 atom stereocenters. The Morgan fingerprint density at radius 2 is 2.40 bits per heavy atom. The predicted molar refractivity (Wildman–Crippen MR) is 70.4 cm³/mol. The van der Waals surface area contributed by atoms with E-state index in [2.05, 4.69) is 39.6 Å². The van der Waals surface area contributed by atoms with Crippen molar-refractivity contribution in [3.63, 3.8) is 0 Å². The van der Waals surface area contributed by atoms with Gasteiger partial charge in [0.25, 0.3) is 0 Å². The summed E-state index contributed by atoms with van der Waals surface area (Å²) in [6, 6.07) is 0.703. The van der Waals surface area contributed by atoms with Gasteiger partial charge in [-0.1, -0.05) is 35.9 Å². The molecule has 0 radical (unpaired) electrons. The number of hydrogen-bond donors (Lipinski definition) is 1. The third kappa shape index (κ3) is 5.69. The Labute approximate surface area is 102 Å². The zero-order chi connectivity index (χ0) is 11.1. The lowest BCUT2D eigenvalue weighted by atomic mass is 10.2. The van der Waals surface area contributed by atoms with Crippen molar-refractivity contribution in [3.05, 3.63) is 11.1 Å². The molecule has 1 rings (SSSR count). The van der Waals surface area contributed by atoms with Crippen LogP contribution in [0.3, 0.4) is 0 Å². The number of rotatable bonds is 7. The Morgan fingerprint density at radius 1 is 1.60 bits per heavy atom. The van der Waals surface area contributed by atoms with Crippen LogP contribution in [0, 0.1) is 0 Å². The molecule has 0 aliphatic carbocycles. The molecule has 0 aromatic rings. The van der Waals surface area contributed by atoms with Crippen molar-refractivity contribution >= 4 is 15.9 Å². The minimum absolute atomic E-state index is 0.703. The smallest absolute Gasteiger partial charge is 0.0294 e. The lowest BCUT2D eigenvalue weighted by molar-refractivity contribution is 0.268. The standard InChI is InChI=1S/C12H23BrN2/c1-3-4-8-15(9-11(2)13)10-12-6-5-7-14-12/h12,14H,2-10H2,1H3. The second kappa shape index (κ2) is 7.42. The highest BCUT2D eigenvalue weighted by atomic mass is 79.9. The maximum atomic E-state index is 3.93. The van der Waals surface area contributed by atoms with E-state index in [1.807, 2.05) is 0 Å². The molecule has 1 saturated heterocycles. The fourth-order valence-electron chi connectivity index (χ4n) is 2.08. The third-order valence-corrected chi connectivity index (χ3v) is 3.11. The van der Waals surface area contributed by atoms with E-state index >= 15 is 0 Å². The van der Waals surface area contributed by atoms with Gasteiger partial charge in [-0.15, -0.1) is 0 Å². The zero-order valence-electron chi connectivity index (χ0n) is 9.77. The molecule has 0 saturated carbocycles. The van der Waals surface area contributed by atoms with Crippen LogP contribution in [-0.4, -0.2) is 37.1 Å². The fraction of sp³-hybridized carbons (Fsp3) is 0.833. The van der Waals surface area contributed by atoms with Crippen LogP contribution in [0.25, 0.3) is 0 Å². The number of unbranched alkanes of at least 4 members (excludes halogenated alkanes) is 1. The van der Waals surface area contributed by atoms with Crippen molar-refractivity contribution in [2.45, 2.75) is 38.6 Å². The van der Waals surface area contributed by atoms with E-state index < -0.39 is 0 Å². The van der Waals surface area contributed by atoms with Gasteiger partial charge in [0.2, 0.25) is 0 Å². The Balaban J connectivity index is 2.29. The van der Waals surface area contributed by atoms with Crippen molar-refractivity contribution in [2.24, 2.45) is 0 Å². The molecule has 1 N–H and O–H groups in total. The summed E-state index contributed by atoms with van der Waals surface area (Å²) in [6.07, 6.45) is 5.22. The fourth-order valence-corrected chi connectivity index (χ4v) is 2.44. The van der Waals surface area contributed by atoms with Crippen molar-refractivity contribution in [3.8, 4) is 0 Å². The highest BCUT2D eigenvalue weighted by molar-refractivity contribution is 9.11. The molecule has 1 aliphatic heterocycles. The zero-order valence-corrected chi connectivity index (χ0v) is 11.4. The Kier molecular flexibility index (Phi) is 6.53. The van der Waals surface area contributed by atoms with E-state index in [0.717, 1.165) is 11.0 Å². The first kappa shape index (κ1) is 13.2. The van der Waals surface area contributed by atoms with E-state index in [-0.39, 0.29) is 0 Å². The average molecular weight is 275 g/mol. The Hall–Kier alpha value is 0.140. The van der Waals surface area contributed by atoms with Gasteiger partial charge in [-0.3, -0.25) is 4.90 Å². The number of hydrogen-bond acceptors (Lipinski definition) is 2. The molecule has 0 aromatic carbocycles.